The van der Waals surface area contributed by atoms with Crippen molar-refractivity contribution in [3.05, 3.63) is 23.4 Å². The summed E-state index contributed by atoms with van der Waals surface area (Å²) in [6.07, 6.45) is 0.748. The van der Waals surface area contributed by atoms with Gasteiger partial charge in [-0.25, -0.2) is 10.8 Å². The van der Waals surface area contributed by atoms with Crippen molar-refractivity contribution in [2.75, 3.05) is 32.2 Å². The molecule has 0 aliphatic carbocycles. The molecule has 1 heterocycles. The quantitative estimate of drug-likeness (QED) is 0.438. The number of hydrogen-bond donors (Lipinski definition) is 2. The molecule has 0 saturated carbocycles. The number of nitrogens with two attached hydrogens (primary N) is 1. The smallest absolute Gasteiger partial charge is 0.253 e. The highest BCUT2D eigenvalue weighted by molar-refractivity contribution is 5.94. The van der Waals surface area contributed by atoms with Crippen LogP contribution in [0.2, 0.25) is 0 Å². The molecular weight excluding hydrogens is 244 g/mol. The van der Waals surface area contributed by atoms with Gasteiger partial charge in [0.1, 0.15) is 5.82 Å². The number of ether oxygens (including phenoxy) is 1. The second kappa shape index (κ2) is 7.70. The van der Waals surface area contributed by atoms with E-state index in [9.17, 15) is 4.79 Å². The van der Waals surface area contributed by atoms with Crippen molar-refractivity contribution in [1.29, 1.82) is 0 Å². The van der Waals surface area contributed by atoms with E-state index in [2.05, 4.69) is 10.4 Å². The van der Waals surface area contributed by atoms with Gasteiger partial charge in [0, 0.05) is 31.5 Å². The predicted octanol–water partition coefficient (Wildman–Crippen LogP) is 1.04. The minimum atomic E-state index is -0.0618. The van der Waals surface area contributed by atoms with Gasteiger partial charge in [0.05, 0.1) is 6.61 Å². The van der Waals surface area contributed by atoms with Gasteiger partial charge in [-0.2, -0.15) is 0 Å². The van der Waals surface area contributed by atoms with Crippen LogP contribution in [0.5, 0.6) is 0 Å². The van der Waals surface area contributed by atoms with E-state index < -0.39 is 0 Å². The number of pyridine rings is 1. The number of nitrogens with zero attached hydrogens (tertiary/aromatic N) is 2. The van der Waals surface area contributed by atoms with Crippen molar-refractivity contribution in [1.82, 2.24) is 9.88 Å². The standard InChI is InChI=1S/C13H22N4O2/c1-4-11-8-10(9-12(15-11)16-14)13(18)17(3)6-7-19-5-2/h8-9H,4-7,14H2,1-3H3,(H,15,16). The molecule has 0 aliphatic heterocycles. The van der Waals surface area contributed by atoms with Crippen LogP contribution in [0.15, 0.2) is 12.1 Å². The van der Waals surface area contributed by atoms with Crippen molar-refractivity contribution in [3.8, 4) is 0 Å². The third-order valence-corrected chi connectivity index (χ3v) is 2.76. The third kappa shape index (κ3) is 4.50. The molecule has 0 fully saturated rings. The molecule has 0 saturated heterocycles. The third-order valence-electron chi connectivity index (χ3n) is 2.76. The number of nitrogen functional groups attached to an aromatic ring is 1. The number of carbonyl (C=O) groups is 1. The molecule has 0 atom stereocenters. The summed E-state index contributed by atoms with van der Waals surface area (Å²) >= 11 is 0. The lowest BCUT2D eigenvalue weighted by atomic mass is 10.1. The number of nitrogens with one attached hydrogen (secondary N) is 1. The van der Waals surface area contributed by atoms with Crippen molar-refractivity contribution < 1.29 is 9.53 Å². The van der Waals surface area contributed by atoms with Crippen LogP contribution in [0.3, 0.4) is 0 Å². The Hall–Kier alpha value is -1.66. The zero-order valence-electron chi connectivity index (χ0n) is 11.8. The van der Waals surface area contributed by atoms with Gasteiger partial charge in [-0.05, 0) is 25.5 Å². The van der Waals surface area contributed by atoms with Gasteiger partial charge in [-0.1, -0.05) is 6.92 Å². The van der Waals surface area contributed by atoms with Crippen LogP contribution in [0.1, 0.15) is 29.9 Å². The number of hydrogen-bond acceptors (Lipinski definition) is 5. The molecule has 6 heteroatoms. The normalized spacial score (nSPS) is 10.3. The fourth-order valence-electron chi connectivity index (χ4n) is 1.63. The van der Waals surface area contributed by atoms with Crippen LogP contribution in [-0.2, 0) is 11.2 Å². The monoisotopic (exact) mass is 266 g/mol. The second-order valence-electron chi connectivity index (χ2n) is 4.15. The molecule has 1 aromatic rings. The van der Waals surface area contributed by atoms with E-state index in [0.717, 1.165) is 12.1 Å². The molecule has 106 valence electrons. The molecule has 0 unspecified atom stereocenters. The van der Waals surface area contributed by atoms with Gasteiger partial charge in [0.2, 0.25) is 0 Å². The maximum Gasteiger partial charge on any atom is 0.253 e. The molecule has 0 radical (unpaired) electrons. The summed E-state index contributed by atoms with van der Waals surface area (Å²) in [4.78, 5) is 18.1. The Kier molecular flexibility index (Phi) is 6.24. The molecule has 0 aliphatic rings. The average Bonchev–Trinajstić information content (AvgIpc) is 2.45. The van der Waals surface area contributed by atoms with Crippen LogP contribution in [0.25, 0.3) is 0 Å². The number of likely N-dealkylation sites (N-methyl/N-ethyl adjacent to an activating group) is 1. The Morgan fingerprint density at radius 3 is 2.79 bits per heavy atom. The Labute approximate surface area is 113 Å². The fourth-order valence-corrected chi connectivity index (χ4v) is 1.63. The maximum absolute atomic E-state index is 12.2. The van der Waals surface area contributed by atoms with Gasteiger partial charge in [-0.3, -0.25) is 4.79 Å². The fraction of sp³-hybridized carbons (Fsp3) is 0.538. The first-order valence-corrected chi connectivity index (χ1v) is 6.43. The lowest BCUT2D eigenvalue weighted by molar-refractivity contribution is 0.0710. The summed E-state index contributed by atoms with van der Waals surface area (Å²) in [6.45, 7) is 5.65. The van der Waals surface area contributed by atoms with E-state index in [1.54, 1.807) is 24.1 Å². The van der Waals surface area contributed by atoms with Gasteiger partial charge in [0.25, 0.3) is 5.91 Å². The van der Waals surface area contributed by atoms with E-state index in [0.29, 0.717) is 31.1 Å². The number of amides is 1. The number of aryl methyl sites for hydroxylation is 1. The van der Waals surface area contributed by atoms with Crippen LogP contribution in [0, 0.1) is 0 Å². The molecule has 19 heavy (non-hydrogen) atoms. The van der Waals surface area contributed by atoms with E-state index in [1.807, 2.05) is 13.8 Å². The summed E-state index contributed by atoms with van der Waals surface area (Å²) in [5.41, 5.74) is 3.89. The Morgan fingerprint density at radius 1 is 1.47 bits per heavy atom. The number of rotatable bonds is 7. The molecule has 1 rings (SSSR count). The molecule has 0 bridgehead atoms. The molecule has 0 spiro atoms. The Morgan fingerprint density at radius 2 is 2.21 bits per heavy atom. The lowest BCUT2D eigenvalue weighted by Gasteiger charge is -2.17. The van der Waals surface area contributed by atoms with Crippen molar-refractivity contribution in [3.63, 3.8) is 0 Å². The number of aromatic nitrogens is 1. The van der Waals surface area contributed by atoms with Gasteiger partial charge in [-0.15, -0.1) is 0 Å². The summed E-state index contributed by atoms with van der Waals surface area (Å²) in [5, 5.41) is 0. The average molecular weight is 266 g/mol. The summed E-state index contributed by atoms with van der Waals surface area (Å²) in [6, 6.07) is 3.44. The predicted molar refractivity (Wildman–Crippen MR) is 74.9 cm³/mol. The summed E-state index contributed by atoms with van der Waals surface area (Å²) < 4.78 is 5.24. The lowest BCUT2D eigenvalue weighted by Crippen LogP contribution is -2.30. The molecule has 1 amide bonds. The van der Waals surface area contributed by atoms with Crippen molar-refractivity contribution in [2.45, 2.75) is 20.3 Å². The summed E-state index contributed by atoms with van der Waals surface area (Å²) in [5.74, 6) is 5.80. The van der Waals surface area contributed by atoms with E-state index in [4.69, 9.17) is 10.6 Å². The van der Waals surface area contributed by atoms with E-state index in [1.165, 1.54) is 0 Å². The minimum absolute atomic E-state index is 0.0618. The molecule has 3 N–H and O–H groups in total. The zero-order chi connectivity index (χ0) is 14.3. The molecular formula is C13H22N4O2. The van der Waals surface area contributed by atoms with Crippen LogP contribution in [-0.4, -0.2) is 42.6 Å². The SMILES string of the molecule is CCOCCN(C)C(=O)c1cc(CC)nc(NN)c1. The number of hydrazine groups is 1. The van der Waals surface area contributed by atoms with Gasteiger partial charge >= 0.3 is 0 Å². The minimum Gasteiger partial charge on any atom is -0.380 e. The molecule has 0 aromatic carbocycles. The highest BCUT2D eigenvalue weighted by Gasteiger charge is 2.13. The highest BCUT2D eigenvalue weighted by Crippen LogP contribution is 2.12. The van der Waals surface area contributed by atoms with E-state index >= 15 is 0 Å². The van der Waals surface area contributed by atoms with Gasteiger partial charge < -0.3 is 15.1 Å². The molecule has 1 aromatic heterocycles. The van der Waals surface area contributed by atoms with Crippen LogP contribution >= 0.6 is 0 Å². The van der Waals surface area contributed by atoms with Crippen LogP contribution in [0.4, 0.5) is 5.82 Å². The summed E-state index contributed by atoms with van der Waals surface area (Å²) in [7, 11) is 1.75. The Balaban J connectivity index is 2.80. The van der Waals surface area contributed by atoms with Gasteiger partial charge in [0.15, 0.2) is 0 Å². The second-order valence-corrected chi connectivity index (χ2v) is 4.15. The van der Waals surface area contributed by atoms with Crippen LogP contribution < -0.4 is 11.3 Å². The number of carbonyl (C=O) groups excluding carboxylic acids is 1. The maximum atomic E-state index is 12.2. The topological polar surface area (TPSA) is 80.5 Å². The first kappa shape index (κ1) is 15.4. The first-order chi connectivity index (χ1) is 9.12. The van der Waals surface area contributed by atoms with E-state index in [-0.39, 0.29) is 5.91 Å². The first-order valence-electron chi connectivity index (χ1n) is 6.43. The highest BCUT2D eigenvalue weighted by atomic mass is 16.5. The van der Waals surface area contributed by atoms with Crippen molar-refractivity contribution in [2.24, 2.45) is 5.84 Å². The van der Waals surface area contributed by atoms with Crippen molar-refractivity contribution >= 4 is 11.7 Å². The molecule has 6 nitrogen and oxygen atoms in total. The zero-order valence-corrected chi connectivity index (χ0v) is 11.8. The Bertz CT molecular complexity index is 401. The largest absolute Gasteiger partial charge is 0.380 e. The number of anilines is 1.